The van der Waals surface area contributed by atoms with Crippen LogP contribution in [0.5, 0.6) is 0 Å². The molecule has 5 nitrogen and oxygen atoms in total. The van der Waals surface area contributed by atoms with Crippen LogP contribution in [-0.4, -0.2) is 29.1 Å². The van der Waals surface area contributed by atoms with Crippen molar-refractivity contribution >= 4 is 5.91 Å². The highest BCUT2D eigenvalue weighted by Crippen LogP contribution is 2.04. The fraction of sp³-hybridized carbons (Fsp3) is 0.692. The molecule has 0 radical (unpaired) electrons. The fourth-order valence-corrected chi connectivity index (χ4v) is 1.81. The van der Waals surface area contributed by atoms with E-state index in [-0.39, 0.29) is 11.8 Å². The number of carbonyl (C=O) groups is 1. The van der Waals surface area contributed by atoms with E-state index < -0.39 is 0 Å². The summed E-state index contributed by atoms with van der Waals surface area (Å²) in [5, 5.41) is 5.92. The van der Waals surface area contributed by atoms with Crippen LogP contribution in [0.15, 0.2) is 12.4 Å². The molecule has 0 saturated heterocycles. The molecule has 0 spiro atoms. The molecule has 0 aliphatic carbocycles. The first-order chi connectivity index (χ1) is 8.54. The average molecular weight is 252 g/mol. The summed E-state index contributed by atoms with van der Waals surface area (Å²) in [4.78, 5) is 16.1. The molecule has 1 unspecified atom stereocenters. The maximum Gasteiger partial charge on any atom is 0.224 e. The van der Waals surface area contributed by atoms with Crippen molar-refractivity contribution in [3.8, 4) is 0 Å². The minimum Gasteiger partial charge on any atom is -0.349 e. The van der Waals surface area contributed by atoms with E-state index in [0.29, 0.717) is 19.0 Å². The molecule has 0 aliphatic rings. The van der Waals surface area contributed by atoms with Crippen molar-refractivity contribution < 1.29 is 4.79 Å². The smallest absolute Gasteiger partial charge is 0.224 e. The third-order valence-electron chi connectivity index (χ3n) is 2.74. The number of rotatable bonds is 7. The van der Waals surface area contributed by atoms with Gasteiger partial charge in [-0.1, -0.05) is 20.8 Å². The predicted octanol–water partition coefficient (Wildman–Crippen LogP) is 1.01. The summed E-state index contributed by atoms with van der Waals surface area (Å²) < 4.78 is 2.09. The molecule has 0 aliphatic heterocycles. The van der Waals surface area contributed by atoms with E-state index in [1.165, 1.54) is 0 Å². The molecule has 1 aromatic rings. The van der Waals surface area contributed by atoms with Gasteiger partial charge in [0.05, 0.1) is 6.54 Å². The molecule has 1 aromatic heterocycles. The van der Waals surface area contributed by atoms with Crippen LogP contribution in [0.25, 0.3) is 0 Å². The van der Waals surface area contributed by atoms with Gasteiger partial charge in [0.1, 0.15) is 5.82 Å². The Kier molecular flexibility index (Phi) is 5.85. The summed E-state index contributed by atoms with van der Waals surface area (Å²) in [6, 6.07) is 0. The molecule has 0 saturated carbocycles. The minimum atomic E-state index is -0.0245. The summed E-state index contributed by atoms with van der Waals surface area (Å²) in [5.74, 6) is 1.51. The maximum atomic E-state index is 11.8. The van der Waals surface area contributed by atoms with Crippen LogP contribution >= 0.6 is 0 Å². The molecule has 5 heteroatoms. The average Bonchev–Trinajstić information content (AvgIpc) is 2.72. The first kappa shape index (κ1) is 14.7. The number of hydrogen-bond acceptors (Lipinski definition) is 3. The zero-order valence-corrected chi connectivity index (χ0v) is 11.7. The minimum absolute atomic E-state index is 0.0245. The summed E-state index contributed by atoms with van der Waals surface area (Å²) in [5.41, 5.74) is 0. The molecule has 1 amide bonds. The highest BCUT2D eigenvalue weighted by atomic mass is 16.1. The van der Waals surface area contributed by atoms with Gasteiger partial charge in [-0.3, -0.25) is 4.79 Å². The number of imidazole rings is 1. The zero-order chi connectivity index (χ0) is 13.5. The number of hydrogen-bond donors (Lipinski definition) is 2. The van der Waals surface area contributed by atoms with E-state index >= 15 is 0 Å². The van der Waals surface area contributed by atoms with Gasteiger partial charge < -0.3 is 15.2 Å². The van der Waals surface area contributed by atoms with Crippen molar-refractivity contribution in [3.05, 3.63) is 18.2 Å². The van der Waals surface area contributed by atoms with E-state index in [2.05, 4.69) is 34.0 Å². The number of aromatic nitrogens is 2. The standard InChI is InChI=1S/C13H24N4O/c1-10(2)9-17-6-5-15-12(17)8-16-13(18)11(3)7-14-4/h5-6,10-11,14H,7-9H2,1-4H3,(H,16,18). The normalized spacial score (nSPS) is 12.7. The van der Waals surface area contributed by atoms with Gasteiger partial charge in [-0.25, -0.2) is 4.98 Å². The fourth-order valence-electron chi connectivity index (χ4n) is 1.81. The molecule has 0 bridgehead atoms. The Morgan fingerprint density at radius 3 is 2.78 bits per heavy atom. The van der Waals surface area contributed by atoms with E-state index in [1.807, 2.05) is 20.2 Å². The SMILES string of the molecule is CNCC(C)C(=O)NCc1nccn1CC(C)C. The second-order valence-corrected chi connectivity index (χ2v) is 5.07. The second-order valence-electron chi connectivity index (χ2n) is 5.07. The zero-order valence-electron chi connectivity index (χ0n) is 11.7. The molecule has 0 fully saturated rings. The third-order valence-corrected chi connectivity index (χ3v) is 2.74. The quantitative estimate of drug-likeness (QED) is 0.761. The molecule has 102 valence electrons. The van der Waals surface area contributed by atoms with Gasteiger partial charge in [0.15, 0.2) is 0 Å². The van der Waals surface area contributed by atoms with Gasteiger partial charge in [-0.15, -0.1) is 0 Å². The van der Waals surface area contributed by atoms with E-state index in [0.717, 1.165) is 12.4 Å². The molecule has 1 atom stereocenters. The Balaban J connectivity index is 2.48. The van der Waals surface area contributed by atoms with Crippen LogP contribution < -0.4 is 10.6 Å². The lowest BCUT2D eigenvalue weighted by Crippen LogP contribution is -2.34. The number of amides is 1. The summed E-state index contributed by atoms with van der Waals surface area (Å²) in [7, 11) is 1.85. The molecule has 18 heavy (non-hydrogen) atoms. The second kappa shape index (κ2) is 7.16. The van der Waals surface area contributed by atoms with E-state index in [9.17, 15) is 4.79 Å². The number of carbonyl (C=O) groups excluding carboxylic acids is 1. The Bertz CT molecular complexity index is 373. The van der Waals surface area contributed by atoms with Gasteiger partial charge in [0.25, 0.3) is 0 Å². The van der Waals surface area contributed by atoms with E-state index in [4.69, 9.17) is 0 Å². The maximum absolute atomic E-state index is 11.8. The van der Waals surface area contributed by atoms with Gasteiger partial charge in [0, 0.05) is 31.4 Å². The van der Waals surface area contributed by atoms with Gasteiger partial charge in [-0.05, 0) is 13.0 Å². The summed E-state index contributed by atoms with van der Waals surface area (Å²) in [6.07, 6.45) is 3.74. The highest BCUT2D eigenvalue weighted by molar-refractivity contribution is 5.78. The molecular weight excluding hydrogens is 228 g/mol. The topological polar surface area (TPSA) is 59.0 Å². The third kappa shape index (κ3) is 4.49. The molecule has 1 rings (SSSR count). The van der Waals surface area contributed by atoms with Crippen LogP contribution in [0, 0.1) is 11.8 Å². The first-order valence-corrected chi connectivity index (χ1v) is 6.47. The monoisotopic (exact) mass is 252 g/mol. The first-order valence-electron chi connectivity index (χ1n) is 6.47. The molecule has 0 aromatic carbocycles. The lowest BCUT2D eigenvalue weighted by atomic mass is 10.1. The lowest BCUT2D eigenvalue weighted by Gasteiger charge is -2.13. The molecule has 2 N–H and O–H groups in total. The summed E-state index contributed by atoms with van der Waals surface area (Å²) in [6.45, 7) is 8.34. The Hall–Kier alpha value is -1.36. The van der Waals surface area contributed by atoms with Crippen molar-refractivity contribution in [2.45, 2.75) is 33.9 Å². The van der Waals surface area contributed by atoms with Crippen LogP contribution in [0.4, 0.5) is 0 Å². The van der Waals surface area contributed by atoms with Crippen molar-refractivity contribution in [3.63, 3.8) is 0 Å². The largest absolute Gasteiger partial charge is 0.349 e. The Morgan fingerprint density at radius 2 is 2.17 bits per heavy atom. The lowest BCUT2D eigenvalue weighted by molar-refractivity contribution is -0.124. The van der Waals surface area contributed by atoms with Gasteiger partial charge in [0.2, 0.25) is 5.91 Å². The van der Waals surface area contributed by atoms with Crippen LogP contribution in [-0.2, 0) is 17.9 Å². The summed E-state index contributed by atoms with van der Waals surface area (Å²) >= 11 is 0. The number of nitrogens with one attached hydrogen (secondary N) is 2. The van der Waals surface area contributed by atoms with E-state index in [1.54, 1.807) is 6.20 Å². The molecular formula is C13H24N4O. The molecule has 1 heterocycles. The van der Waals surface area contributed by atoms with Crippen molar-refractivity contribution in [1.82, 2.24) is 20.2 Å². The van der Waals surface area contributed by atoms with Crippen molar-refractivity contribution in [1.29, 1.82) is 0 Å². The predicted molar refractivity (Wildman–Crippen MR) is 72.0 cm³/mol. The van der Waals surface area contributed by atoms with Crippen LogP contribution in [0.2, 0.25) is 0 Å². The van der Waals surface area contributed by atoms with Crippen molar-refractivity contribution in [2.24, 2.45) is 11.8 Å². The number of nitrogens with zero attached hydrogens (tertiary/aromatic N) is 2. The van der Waals surface area contributed by atoms with Gasteiger partial charge >= 0.3 is 0 Å². The Morgan fingerprint density at radius 1 is 1.44 bits per heavy atom. The Labute approximate surface area is 109 Å². The highest BCUT2D eigenvalue weighted by Gasteiger charge is 2.12. The van der Waals surface area contributed by atoms with Crippen molar-refractivity contribution in [2.75, 3.05) is 13.6 Å². The van der Waals surface area contributed by atoms with Gasteiger partial charge in [-0.2, -0.15) is 0 Å². The van der Waals surface area contributed by atoms with Crippen LogP contribution in [0.3, 0.4) is 0 Å². The van der Waals surface area contributed by atoms with Crippen LogP contribution in [0.1, 0.15) is 26.6 Å².